The predicted octanol–water partition coefficient (Wildman–Crippen LogP) is 0.451. The van der Waals surface area contributed by atoms with Gasteiger partial charge >= 0.3 is 5.69 Å². The standard InChI is InChI=1S/C10H16N6O/c1-3-4-5-12-9-14-7(11)6-8(15-9)16(2)10(17)13-6/h3-5H2,1-2H3,(H,13,17)(H3,11,12,14,15). The molecule has 0 spiro atoms. The van der Waals surface area contributed by atoms with Crippen LogP contribution in [0.1, 0.15) is 19.8 Å². The number of unbranched alkanes of at least 4 members (excludes halogenated alkanes) is 1. The van der Waals surface area contributed by atoms with E-state index < -0.39 is 0 Å². The van der Waals surface area contributed by atoms with Crippen LogP contribution in [0.25, 0.3) is 11.2 Å². The Labute approximate surface area is 98.1 Å². The number of anilines is 2. The third kappa shape index (κ3) is 2.08. The molecule has 0 aliphatic heterocycles. The Kier molecular flexibility index (Phi) is 2.99. The van der Waals surface area contributed by atoms with E-state index in [0.29, 0.717) is 17.1 Å². The van der Waals surface area contributed by atoms with Gasteiger partial charge in [-0.15, -0.1) is 0 Å². The van der Waals surface area contributed by atoms with Crippen molar-refractivity contribution in [1.29, 1.82) is 0 Å². The molecule has 2 heterocycles. The molecule has 0 amide bonds. The highest BCUT2D eigenvalue weighted by Crippen LogP contribution is 2.15. The van der Waals surface area contributed by atoms with E-state index in [9.17, 15) is 4.79 Å². The van der Waals surface area contributed by atoms with Crippen LogP contribution in [0, 0.1) is 0 Å². The number of hydrogen-bond acceptors (Lipinski definition) is 5. The van der Waals surface area contributed by atoms with Crippen LogP contribution < -0.4 is 16.7 Å². The second-order valence-electron chi connectivity index (χ2n) is 3.90. The molecule has 7 nitrogen and oxygen atoms in total. The van der Waals surface area contributed by atoms with Gasteiger partial charge in [-0.25, -0.2) is 4.79 Å². The van der Waals surface area contributed by atoms with Crippen LogP contribution in [0.2, 0.25) is 0 Å². The highest BCUT2D eigenvalue weighted by Gasteiger charge is 2.10. The number of nitrogens with two attached hydrogens (primary N) is 1. The molecule has 2 aromatic heterocycles. The Morgan fingerprint density at radius 3 is 2.94 bits per heavy atom. The monoisotopic (exact) mass is 236 g/mol. The van der Waals surface area contributed by atoms with Crippen molar-refractivity contribution in [2.45, 2.75) is 19.8 Å². The van der Waals surface area contributed by atoms with Crippen LogP contribution in [-0.2, 0) is 7.05 Å². The van der Waals surface area contributed by atoms with Gasteiger partial charge < -0.3 is 16.0 Å². The van der Waals surface area contributed by atoms with Gasteiger partial charge in [0.2, 0.25) is 5.95 Å². The molecule has 2 aromatic rings. The second kappa shape index (κ2) is 4.44. The van der Waals surface area contributed by atoms with Crippen LogP contribution in [0.4, 0.5) is 11.8 Å². The number of hydrogen-bond donors (Lipinski definition) is 3. The van der Waals surface area contributed by atoms with Crippen LogP contribution in [0.5, 0.6) is 0 Å². The molecule has 4 N–H and O–H groups in total. The Morgan fingerprint density at radius 2 is 2.24 bits per heavy atom. The molecule has 0 saturated carbocycles. The first-order valence-electron chi connectivity index (χ1n) is 5.59. The van der Waals surface area contributed by atoms with E-state index in [0.717, 1.165) is 19.4 Å². The normalized spacial score (nSPS) is 10.9. The van der Waals surface area contributed by atoms with E-state index in [1.165, 1.54) is 4.57 Å². The Bertz CT molecular complexity index is 584. The molecule has 0 saturated heterocycles. The molecule has 0 aliphatic rings. The fraction of sp³-hybridized carbons (Fsp3) is 0.500. The van der Waals surface area contributed by atoms with Gasteiger partial charge in [0, 0.05) is 13.6 Å². The van der Waals surface area contributed by atoms with E-state index in [1.807, 2.05) is 0 Å². The fourth-order valence-electron chi connectivity index (χ4n) is 1.57. The fourth-order valence-corrected chi connectivity index (χ4v) is 1.57. The number of rotatable bonds is 4. The van der Waals surface area contributed by atoms with Gasteiger partial charge in [0.1, 0.15) is 5.52 Å². The van der Waals surface area contributed by atoms with Crippen molar-refractivity contribution in [1.82, 2.24) is 19.5 Å². The maximum absolute atomic E-state index is 11.4. The number of imidazole rings is 1. The van der Waals surface area contributed by atoms with E-state index in [4.69, 9.17) is 5.73 Å². The first kappa shape index (κ1) is 11.4. The molecule has 2 rings (SSSR count). The highest BCUT2D eigenvalue weighted by atomic mass is 16.1. The van der Waals surface area contributed by atoms with Gasteiger partial charge in [0.05, 0.1) is 0 Å². The maximum atomic E-state index is 11.4. The van der Waals surface area contributed by atoms with Gasteiger partial charge in [-0.1, -0.05) is 13.3 Å². The molecule has 7 heteroatoms. The van der Waals surface area contributed by atoms with Crippen molar-refractivity contribution in [2.75, 3.05) is 17.6 Å². The molecule has 0 atom stereocenters. The number of aromatic nitrogens is 4. The van der Waals surface area contributed by atoms with Crippen LogP contribution >= 0.6 is 0 Å². The van der Waals surface area contributed by atoms with Gasteiger partial charge in [-0.05, 0) is 6.42 Å². The summed E-state index contributed by atoms with van der Waals surface area (Å²) >= 11 is 0. The summed E-state index contributed by atoms with van der Waals surface area (Å²) in [5.74, 6) is 0.741. The number of nitrogens with one attached hydrogen (secondary N) is 2. The molecule has 0 aromatic carbocycles. The van der Waals surface area contributed by atoms with Gasteiger partial charge in [0.25, 0.3) is 0 Å². The quantitative estimate of drug-likeness (QED) is 0.669. The molecule has 0 radical (unpaired) electrons. The van der Waals surface area contributed by atoms with Crippen LogP contribution in [-0.4, -0.2) is 26.1 Å². The van der Waals surface area contributed by atoms with Crippen molar-refractivity contribution >= 4 is 22.9 Å². The number of H-pyrrole nitrogens is 1. The minimum Gasteiger partial charge on any atom is -0.382 e. The molecular weight excluding hydrogens is 220 g/mol. The maximum Gasteiger partial charge on any atom is 0.327 e. The summed E-state index contributed by atoms with van der Waals surface area (Å²) < 4.78 is 1.42. The lowest BCUT2D eigenvalue weighted by molar-refractivity contribution is 0.825. The zero-order valence-electron chi connectivity index (χ0n) is 9.95. The van der Waals surface area contributed by atoms with Crippen molar-refractivity contribution < 1.29 is 0 Å². The lowest BCUT2D eigenvalue weighted by Gasteiger charge is -2.05. The van der Waals surface area contributed by atoms with E-state index in [-0.39, 0.29) is 11.5 Å². The summed E-state index contributed by atoms with van der Waals surface area (Å²) in [5, 5.41) is 3.08. The molecular formula is C10H16N6O. The average Bonchev–Trinajstić information content (AvgIpc) is 2.58. The SMILES string of the molecule is CCCCNc1nc(N)c2[nH]c(=O)n(C)c2n1. The predicted molar refractivity (Wildman–Crippen MR) is 66.9 cm³/mol. The number of fused-ring (bicyclic) bond motifs is 1. The second-order valence-corrected chi connectivity index (χ2v) is 3.90. The highest BCUT2D eigenvalue weighted by molar-refractivity contribution is 5.82. The van der Waals surface area contributed by atoms with Crippen molar-refractivity contribution in [3.05, 3.63) is 10.5 Å². The zero-order chi connectivity index (χ0) is 12.4. The summed E-state index contributed by atoms with van der Waals surface area (Å²) in [5.41, 5.74) is 6.53. The zero-order valence-corrected chi connectivity index (χ0v) is 9.95. The minimum atomic E-state index is -0.244. The molecule has 17 heavy (non-hydrogen) atoms. The van der Waals surface area contributed by atoms with E-state index >= 15 is 0 Å². The Balaban J connectivity index is 2.40. The van der Waals surface area contributed by atoms with Crippen LogP contribution in [0.15, 0.2) is 4.79 Å². The first-order valence-corrected chi connectivity index (χ1v) is 5.59. The molecule has 0 aliphatic carbocycles. The lowest BCUT2D eigenvalue weighted by atomic mass is 10.3. The lowest BCUT2D eigenvalue weighted by Crippen LogP contribution is -2.12. The Hall–Kier alpha value is -2.05. The van der Waals surface area contributed by atoms with Gasteiger partial charge in [-0.2, -0.15) is 9.97 Å². The largest absolute Gasteiger partial charge is 0.382 e. The first-order chi connectivity index (χ1) is 8.13. The number of aryl methyl sites for hydroxylation is 1. The number of nitrogens with zero attached hydrogens (tertiary/aromatic N) is 3. The van der Waals surface area contributed by atoms with E-state index in [2.05, 4.69) is 27.2 Å². The van der Waals surface area contributed by atoms with Crippen molar-refractivity contribution in [3.63, 3.8) is 0 Å². The molecule has 0 bridgehead atoms. The smallest absolute Gasteiger partial charge is 0.327 e. The Morgan fingerprint density at radius 1 is 1.47 bits per heavy atom. The number of aromatic amines is 1. The summed E-state index contributed by atoms with van der Waals surface area (Å²) in [6, 6.07) is 0. The molecule has 92 valence electrons. The van der Waals surface area contributed by atoms with E-state index in [1.54, 1.807) is 7.05 Å². The average molecular weight is 236 g/mol. The summed E-state index contributed by atoms with van der Waals surface area (Å²) in [7, 11) is 1.64. The molecule has 0 fully saturated rings. The third-order valence-corrected chi connectivity index (χ3v) is 2.59. The molecule has 0 unspecified atom stereocenters. The third-order valence-electron chi connectivity index (χ3n) is 2.59. The summed E-state index contributed by atoms with van der Waals surface area (Å²) in [6.07, 6.45) is 2.13. The van der Waals surface area contributed by atoms with Gasteiger partial charge in [0.15, 0.2) is 11.5 Å². The van der Waals surface area contributed by atoms with Crippen molar-refractivity contribution in [2.24, 2.45) is 7.05 Å². The number of nitrogen functional groups attached to an aromatic ring is 1. The van der Waals surface area contributed by atoms with Crippen molar-refractivity contribution in [3.8, 4) is 0 Å². The summed E-state index contributed by atoms with van der Waals surface area (Å²) in [4.78, 5) is 22.4. The van der Waals surface area contributed by atoms with Crippen LogP contribution in [0.3, 0.4) is 0 Å². The summed E-state index contributed by atoms with van der Waals surface area (Å²) in [6.45, 7) is 2.90. The minimum absolute atomic E-state index is 0.244. The topological polar surface area (TPSA) is 102 Å². The van der Waals surface area contributed by atoms with Gasteiger partial charge in [-0.3, -0.25) is 4.57 Å².